The van der Waals surface area contributed by atoms with Crippen LogP contribution in [0.4, 0.5) is 0 Å². The fourth-order valence-corrected chi connectivity index (χ4v) is 2.93. The first kappa shape index (κ1) is 15.8. The van der Waals surface area contributed by atoms with Gasteiger partial charge in [0.25, 0.3) is 0 Å². The number of fused-ring (bicyclic) bond motifs is 2. The average Bonchev–Trinajstić information content (AvgIpc) is 3.15. The Hall–Kier alpha value is -3.74. The summed E-state index contributed by atoms with van der Waals surface area (Å²) in [5.74, 6) is -1.41. The van der Waals surface area contributed by atoms with E-state index in [4.69, 9.17) is 9.47 Å². The second-order valence-electron chi connectivity index (χ2n) is 5.77. The number of aromatic hydroxyl groups is 2. The summed E-state index contributed by atoms with van der Waals surface area (Å²) in [6, 6.07) is 7.37. The molecule has 0 unspecified atom stereocenters. The summed E-state index contributed by atoms with van der Waals surface area (Å²) in [4.78, 5) is 27.3. The van der Waals surface area contributed by atoms with Crippen molar-refractivity contribution in [1.29, 1.82) is 0 Å². The molecule has 7 heteroatoms. The summed E-state index contributed by atoms with van der Waals surface area (Å²) in [5.41, 5.74) is 1.78. The molecule has 0 radical (unpaired) electrons. The summed E-state index contributed by atoms with van der Waals surface area (Å²) in [7, 11) is 1.30. The van der Waals surface area contributed by atoms with Crippen molar-refractivity contribution in [1.82, 2.24) is 4.98 Å². The van der Waals surface area contributed by atoms with Gasteiger partial charge in [0.2, 0.25) is 5.78 Å². The molecule has 0 atom stereocenters. The number of carbonyl (C=O) groups excluding carboxylic acids is 2. The van der Waals surface area contributed by atoms with Crippen LogP contribution in [0.2, 0.25) is 0 Å². The van der Waals surface area contributed by atoms with E-state index >= 15 is 0 Å². The Kier molecular flexibility index (Phi) is 3.43. The number of allylic oxidation sites excluding steroid dienone is 1. The number of hydrogen-bond acceptors (Lipinski definition) is 6. The number of methoxy groups -OCH3 is 1. The van der Waals surface area contributed by atoms with E-state index in [0.29, 0.717) is 16.5 Å². The summed E-state index contributed by atoms with van der Waals surface area (Å²) in [6.45, 7) is 0. The second kappa shape index (κ2) is 5.66. The Labute approximate surface area is 147 Å². The molecule has 1 aliphatic rings. The number of ketones is 1. The molecule has 0 saturated carbocycles. The van der Waals surface area contributed by atoms with Gasteiger partial charge in [-0.2, -0.15) is 0 Å². The van der Waals surface area contributed by atoms with Crippen molar-refractivity contribution in [3.05, 3.63) is 59.0 Å². The molecular weight excluding hydrogens is 338 g/mol. The molecule has 3 aromatic rings. The number of aromatic amines is 1. The molecule has 0 bridgehead atoms. The van der Waals surface area contributed by atoms with Crippen molar-refractivity contribution in [2.45, 2.75) is 0 Å². The smallest absolute Gasteiger partial charge is 0.337 e. The summed E-state index contributed by atoms with van der Waals surface area (Å²) in [6.07, 6.45) is 3.19. The van der Waals surface area contributed by atoms with Crippen LogP contribution in [-0.2, 0) is 4.74 Å². The first-order valence-electron chi connectivity index (χ1n) is 7.67. The number of carbonyl (C=O) groups is 2. The standard InChI is InChI=1S/C19H13NO6/c1-25-19(24)9-2-3-13-12(4-9)10(8-20-13)5-16-18(23)17-14(22)6-11(21)7-15(17)26-16/h2-8,20-22H,1H3/b16-5+. The highest BCUT2D eigenvalue weighted by molar-refractivity contribution is 6.16. The van der Waals surface area contributed by atoms with Gasteiger partial charge in [0.1, 0.15) is 22.8 Å². The van der Waals surface area contributed by atoms with Crippen LogP contribution in [0.15, 0.2) is 42.3 Å². The van der Waals surface area contributed by atoms with Crippen LogP contribution in [0, 0.1) is 0 Å². The number of nitrogens with one attached hydrogen (secondary N) is 1. The third-order valence-electron chi connectivity index (χ3n) is 4.16. The SMILES string of the molecule is COC(=O)c1ccc2[nH]cc(/C=C3/Oc4cc(O)cc(O)c4C3=O)c2c1. The summed E-state index contributed by atoms with van der Waals surface area (Å²) >= 11 is 0. The number of benzene rings is 2. The minimum absolute atomic E-state index is 0.00383. The lowest BCUT2D eigenvalue weighted by atomic mass is 10.1. The molecule has 26 heavy (non-hydrogen) atoms. The van der Waals surface area contributed by atoms with Crippen molar-refractivity contribution in [2.75, 3.05) is 7.11 Å². The third-order valence-corrected chi connectivity index (χ3v) is 4.16. The molecule has 0 fully saturated rings. The van der Waals surface area contributed by atoms with Crippen LogP contribution in [0.3, 0.4) is 0 Å². The topological polar surface area (TPSA) is 109 Å². The zero-order valence-corrected chi connectivity index (χ0v) is 13.6. The van der Waals surface area contributed by atoms with Gasteiger partial charge in [0, 0.05) is 34.8 Å². The number of Topliss-reactive ketones (excluding diaryl/α,β-unsaturated/α-hetero) is 1. The molecule has 0 amide bonds. The fraction of sp³-hybridized carbons (Fsp3) is 0.0526. The van der Waals surface area contributed by atoms with Crippen LogP contribution in [0.25, 0.3) is 17.0 Å². The predicted octanol–water partition coefficient (Wildman–Crippen LogP) is 2.98. The van der Waals surface area contributed by atoms with Crippen molar-refractivity contribution < 1.29 is 29.3 Å². The Morgan fingerprint density at radius 1 is 1.23 bits per heavy atom. The molecule has 2 aromatic carbocycles. The Morgan fingerprint density at radius 2 is 2.04 bits per heavy atom. The van der Waals surface area contributed by atoms with Gasteiger partial charge >= 0.3 is 5.97 Å². The van der Waals surface area contributed by atoms with E-state index in [1.54, 1.807) is 24.4 Å². The lowest BCUT2D eigenvalue weighted by molar-refractivity contribution is 0.0600. The molecule has 3 N–H and O–H groups in total. The van der Waals surface area contributed by atoms with Crippen molar-refractivity contribution in [3.8, 4) is 17.2 Å². The van der Waals surface area contributed by atoms with E-state index in [1.165, 1.54) is 19.3 Å². The number of rotatable bonds is 2. The normalized spacial score (nSPS) is 14.5. The highest BCUT2D eigenvalue weighted by Crippen LogP contribution is 2.40. The zero-order valence-electron chi connectivity index (χ0n) is 13.6. The van der Waals surface area contributed by atoms with Crippen LogP contribution < -0.4 is 4.74 Å². The molecule has 1 aromatic heterocycles. The first-order valence-corrected chi connectivity index (χ1v) is 7.67. The number of hydrogen-bond donors (Lipinski definition) is 3. The number of esters is 1. The van der Waals surface area contributed by atoms with Gasteiger partial charge in [-0.25, -0.2) is 4.79 Å². The molecule has 2 heterocycles. The summed E-state index contributed by atoms with van der Waals surface area (Å²) < 4.78 is 10.2. The van der Waals surface area contributed by atoms with Crippen LogP contribution in [0.5, 0.6) is 17.2 Å². The molecule has 130 valence electrons. The van der Waals surface area contributed by atoms with E-state index < -0.39 is 11.8 Å². The quantitative estimate of drug-likeness (QED) is 0.484. The predicted molar refractivity (Wildman–Crippen MR) is 92.3 cm³/mol. The largest absolute Gasteiger partial charge is 0.508 e. The maximum absolute atomic E-state index is 12.5. The zero-order chi connectivity index (χ0) is 18.4. The van der Waals surface area contributed by atoms with Crippen LogP contribution >= 0.6 is 0 Å². The van der Waals surface area contributed by atoms with Crippen LogP contribution in [0.1, 0.15) is 26.3 Å². The highest BCUT2D eigenvalue weighted by atomic mass is 16.5. The molecule has 7 nitrogen and oxygen atoms in total. The fourth-order valence-electron chi connectivity index (χ4n) is 2.93. The average molecular weight is 351 g/mol. The Bertz CT molecular complexity index is 1110. The number of phenolic OH excluding ortho intramolecular Hbond substituents is 2. The second-order valence-corrected chi connectivity index (χ2v) is 5.77. The third kappa shape index (κ3) is 2.37. The van der Waals surface area contributed by atoms with Gasteiger partial charge in [-0.05, 0) is 24.3 Å². The van der Waals surface area contributed by atoms with Crippen molar-refractivity contribution in [2.24, 2.45) is 0 Å². The Balaban J connectivity index is 1.79. The first-order chi connectivity index (χ1) is 12.5. The van der Waals surface area contributed by atoms with E-state index in [-0.39, 0.29) is 28.6 Å². The maximum Gasteiger partial charge on any atom is 0.337 e. The van der Waals surface area contributed by atoms with Gasteiger partial charge < -0.3 is 24.7 Å². The monoisotopic (exact) mass is 351 g/mol. The molecule has 0 spiro atoms. The number of aromatic nitrogens is 1. The molecule has 4 rings (SSSR count). The summed E-state index contributed by atoms with van der Waals surface area (Å²) in [5, 5.41) is 20.1. The molecule has 0 aliphatic carbocycles. The number of phenols is 2. The molecule has 1 aliphatic heterocycles. The van der Waals surface area contributed by atoms with E-state index in [9.17, 15) is 19.8 Å². The van der Waals surface area contributed by atoms with E-state index in [0.717, 1.165) is 11.6 Å². The van der Waals surface area contributed by atoms with Gasteiger partial charge in [-0.3, -0.25) is 4.79 Å². The van der Waals surface area contributed by atoms with E-state index in [2.05, 4.69) is 4.98 Å². The minimum atomic E-state index is -0.490. The van der Waals surface area contributed by atoms with Gasteiger partial charge in [0.15, 0.2) is 5.76 Å². The maximum atomic E-state index is 12.5. The van der Waals surface area contributed by atoms with Crippen molar-refractivity contribution in [3.63, 3.8) is 0 Å². The highest BCUT2D eigenvalue weighted by Gasteiger charge is 2.31. The lowest BCUT2D eigenvalue weighted by Gasteiger charge is -2.01. The number of H-pyrrole nitrogens is 1. The lowest BCUT2D eigenvalue weighted by Crippen LogP contribution is -2.00. The van der Waals surface area contributed by atoms with Gasteiger partial charge in [0.05, 0.1) is 12.7 Å². The van der Waals surface area contributed by atoms with Gasteiger partial charge in [-0.1, -0.05) is 0 Å². The van der Waals surface area contributed by atoms with Crippen LogP contribution in [-0.4, -0.2) is 34.1 Å². The van der Waals surface area contributed by atoms with E-state index in [1.807, 2.05) is 0 Å². The minimum Gasteiger partial charge on any atom is -0.508 e. The molecular formula is C19H13NO6. The number of ether oxygens (including phenoxy) is 2. The van der Waals surface area contributed by atoms with Gasteiger partial charge in [-0.15, -0.1) is 0 Å². The molecule has 0 saturated heterocycles. The van der Waals surface area contributed by atoms with Crippen molar-refractivity contribution >= 4 is 28.7 Å². The Morgan fingerprint density at radius 3 is 2.81 bits per heavy atom.